The Labute approximate surface area is 207 Å². The molecule has 9 heteroatoms. The van der Waals surface area contributed by atoms with Gasteiger partial charge in [-0.2, -0.15) is 19.3 Å². The number of fused-ring (bicyclic) bond motifs is 1. The molecule has 3 amide bonds. The van der Waals surface area contributed by atoms with Gasteiger partial charge in [0.1, 0.15) is 18.0 Å². The molecule has 0 saturated heterocycles. The maximum Gasteiger partial charge on any atom is 0.501 e. The van der Waals surface area contributed by atoms with Gasteiger partial charge in [0, 0.05) is 12.0 Å². The molecule has 5 rings (SSSR count). The van der Waals surface area contributed by atoms with Gasteiger partial charge in [-0.15, -0.1) is 11.8 Å². The second-order valence-corrected chi connectivity index (χ2v) is 9.56. The lowest BCUT2D eigenvalue weighted by Gasteiger charge is -2.23. The Morgan fingerprint density at radius 1 is 1.11 bits per heavy atom. The van der Waals surface area contributed by atoms with Crippen LogP contribution in [0.25, 0.3) is 11.4 Å². The molecule has 3 aromatic rings. The molecule has 8 nitrogen and oxygen atoms in total. The smallest absolute Gasteiger partial charge is 0.491 e. The first-order valence-electron chi connectivity index (χ1n) is 11.4. The molecule has 2 aromatic carbocycles. The molecule has 1 unspecified atom stereocenters. The van der Waals surface area contributed by atoms with E-state index in [4.69, 9.17) is 9.26 Å². The Kier molecular flexibility index (Phi) is 6.50. The number of thioether (sulfide) groups is 1. The largest absolute Gasteiger partial charge is 0.501 e. The number of hydrogen-bond acceptors (Lipinski definition) is 7. The molecule has 2 aliphatic rings. The van der Waals surface area contributed by atoms with Crippen molar-refractivity contribution < 1.29 is 23.4 Å². The molecule has 3 heterocycles. The Balaban J connectivity index is 1.34. The number of aromatic nitrogens is 2. The lowest BCUT2D eigenvalue weighted by molar-refractivity contribution is -0.458. The summed E-state index contributed by atoms with van der Waals surface area (Å²) in [6.45, 7) is 4.34. The van der Waals surface area contributed by atoms with Crippen molar-refractivity contribution in [1.82, 2.24) is 15.0 Å². The lowest BCUT2D eigenvalue weighted by atomic mass is 10.1. The number of carbonyl (C=O) groups is 2. The minimum atomic E-state index is -0.445. The summed E-state index contributed by atoms with van der Waals surface area (Å²) in [6, 6.07) is 16.9. The average molecular weight is 490 g/mol. The highest BCUT2D eigenvalue weighted by molar-refractivity contribution is 8.04. The van der Waals surface area contributed by atoms with Crippen molar-refractivity contribution in [1.29, 1.82) is 0 Å². The number of amides is 3. The minimum absolute atomic E-state index is 0.0861. The number of urea groups is 1. The summed E-state index contributed by atoms with van der Waals surface area (Å²) in [5, 5.41) is 5.49. The van der Waals surface area contributed by atoms with Gasteiger partial charge in [-0.1, -0.05) is 35.5 Å². The van der Waals surface area contributed by atoms with Gasteiger partial charge in [-0.05, 0) is 55.2 Å². The number of rotatable bonds is 8. The standard InChI is InChI=1S/C26H25N4O4S/c1-17(2)33-20-10-8-19(9-11-20)24-27-22(34-28-24)16-30-21-13-15-35-23(21)25(31)29(26(30)32)14-12-18-6-4-3-5-7-18/h3-11,13,15,17,23H,12,14,16H2,1-2H3/q+1. The van der Waals surface area contributed by atoms with Gasteiger partial charge in [-0.25, -0.2) is 4.79 Å². The van der Waals surface area contributed by atoms with Crippen LogP contribution in [0, 0.1) is 0 Å². The summed E-state index contributed by atoms with van der Waals surface area (Å²) in [7, 11) is 0. The van der Waals surface area contributed by atoms with Crippen LogP contribution in [-0.4, -0.2) is 55.2 Å². The third-order valence-electron chi connectivity index (χ3n) is 5.70. The zero-order valence-corrected chi connectivity index (χ0v) is 20.3. The molecule has 2 aliphatic heterocycles. The molecule has 1 atom stereocenters. The predicted octanol–water partition coefficient (Wildman–Crippen LogP) is 4.31. The highest BCUT2D eigenvalue weighted by Crippen LogP contribution is 2.29. The summed E-state index contributed by atoms with van der Waals surface area (Å²) in [5.41, 5.74) is 2.50. The van der Waals surface area contributed by atoms with Gasteiger partial charge in [0.25, 0.3) is 5.89 Å². The molecule has 178 valence electrons. The van der Waals surface area contributed by atoms with E-state index >= 15 is 0 Å². The number of benzene rings is 2. The number of hydrogen-bond donors (Lipinski definition) is 0. The summed E-state index contributed by atoms with van der Waals surface area (Å²) >= 11 is 1.40. The zero-order valence-electron chi connectivity index (χ0n) is 19.5. The normalized spacial score (nSPS) is 17.5. The quantitative estimate of drug-likeness (QED) is 0.436. The van der Waals surface area contributed by atoms with Gasteiger partial charge < -0.3 is 9.26 Å². The number of nitrogens with zero attached hydrogens (tertiary/aromatic N) is 4. The third-order valence-corrected chi connectivity index (χ3v) is 6.71. The molecule has 1 aromatic heterocycles. The summed E-state index contributed by atoms with van der Waals surface area (Å²) in [6.07, 6.45) is 2.49. The van der Waals surface area contributed by atoms with E-state index in [0.29, 0.717) is 30.4 Å². The van der Waals surface area contributed by atoms with Gasteiger partial charge in [-0.3, -0.25) is 0 Å². The fourth-order valence-corrected chi connectivity index (χ4v) is 4.99. The molecule has 35 heavy (non-hydrogen) atoms. The van der Waals surface area contributed by atoms with E-state index in [-0.39, 0.29) is 24.6 Å². The first-order chi connectivity index (χ1) is 17.0. The fourth-order valence-electron chi connectivity index (χ4n) is 4.03. The molecule has 0 spiro atoms. The van der Waals surface area contributed by atoms with Crippen LogP contribution < -0.4 is 4.74 Å². The second-order valence-electron chi connectivity index (χ2n) is 8.54. The van der Waals surface area contributed by atoms with E-state index < -0.39 is 5.25 Å². The number of carbonyl (C=O) groups excluding carboxylic acids is 2. The minimum Gasteiger partial charge on any atom is -0.491 e. The van der Waals surface area contributed by atoms with Gasteiger partial charge in [0.2, 0.25) is 5.82 Å². The van der Waals surface area contributed by atoms with E-state index in [1.54, 1.807) is 4.58 Å². The first-order valence-corrected chi connectivity index (χ1v) is 12.4. The summed E-state index contributed by atoms with van der Waals surface area (Å²) in [5.74, 6) is 1.29. The van der Waals surface area contributed by atoms with Crippen molar-refractivity contribution in [2.24, 2.45) is 0 Å². The fraction of sp³-hybridized carbons (Fsp3) is 0.269. The highest BCUT2D eigenvalue weighted by atomic mass is 32.2. The summed E-state index contributed by atoms with van der Waals surface area (Å²) in [4.78, 5) is 32.2. The van der Waals surface area contributed by atoms with Crippen molar-refractivity contribution in [3.05, 3.63) is 77.5 Å². The van der Waals surface area contributed by atoms with E-state index in [9.17, 15) is 9.59 Å². The number of ether oxygens (including phenoxy) is 1. The topological polar surface area (TPSA) is 88.5 Å². The second kappa shape index (κ2) is 9.87. The SMILES string of the molecule is CC(C)Oc1ccc(-c2noc(C[N+]3=C4C=CSC4C(=O)N(CCc4ccccc4)C3=O)n2)cc1. The Hall–Kier alpha value is -3.72. The molecule has 0 radical (unpaired) electrons. The van der Waals surface area contributed by atoms with Gasteiger partial charge in [0.15, 0.2) is 11.8 Å². The van der Waals surface area contributed by atoms with Crippen molar-refractivity contribution in [2.45, 2.75) is 38.2 Å². The molecule has 0 fully saturated rings. The van der Waals surface area contributed by atoms with E-state index in [2.05, 4.69) is 10.1 Å². The molecule has 0 N–H and O–H groups in total. The van der Waals surface area contributed by atoms with Crippen molar-refractivity contribution in [2.75, 3.05) is 6.54 Å². The van der Waals surface area contributed by atoms with E-state index in [1.807, 2.05) is 79.9 Å². The van der Waals surface area contributed by atoms with Crippen LogP contribution in [0.2, 0.25) is 0 Å². The first kappa shape index (κ1) is 23.0. The van der Waals surface area contributed by atoms with Crippen LogP contribution in [0.3, 0.4) is 0 Å². The maximum absolute atomic E-state index is 13.4. The Morgan fingerprint density at radius 2 is 1.89 bits per heavy atom. The van der Waals surface area contributed by atoms with Crippen molar-refractivity contribution in [3.8, 4) is 17.1 Å². The lowest BCUT2D eigenvalue weighted by Crippen LogP contribution is -2.55. The molecule has 0 bridgehead atoms. The van der Waals surface area contributed by atoms with E-state index in [1.165, 1.54) is 16.7 Å². The predicted molar refractivity (Wildman–Crippen MR) is 132 cm³/mol. The van der Waals surface area contributed by atoms with Crippen LogP contribution in [-0.2, 0) is 17.8 Å². The number of imide groups is 1. The Bertz CT molecular complexity index is 1300. The van der Waals surface area contributed by atoms with Crippen LogP contribution in [0.15, 0.2) is 70.6 Å². The van der Waals surface area contributed by atoms with Crippen LogP contribution >= 0.6 is 11.8 Å². The summed E-state index contributed by atoms with van der Waals surface area (Å²) < 4.78 is 12.7. The van der Waals surface area contributed by atoms with Crippen LogP contribution in [0.4, 0.5) is 4.79 Å². The highest BCUT2D eigenvalue weighted by Gasteiger charge is 2.49. The maximum atomic E-state index is 13.4. The zero-order chi connectivity index (χ0) is 24.4. The van der Waals surface area contributed by atoms with E-state index in [0.717, 1.165) is 16.9 Å². The Morgan fingerprint density at radius 3 is 2.63 bits per heavy atom. The number of allylic oxidation sites excluding steroid dienone is 1. The average Bonchev–Trinajstić information content (AvgIpc) is 3.53. The monoisotopic (exact) mass is 489 g/mol. The molecule has 0 aliphatic carbocycles. The van der Waals surface area contributed by atoms with Crippen molar-refractivity contribution >= 4 is 29.4 Å². The van der Waals surface area contributed by atoms with Crippen molar-refractivity contribution in [3.63, 3.8) is 0 Å². The van der Waals surface area contributed by atoms with Crippen LogP contribution in [0.1, 0.15) is 25.3 Å². The third kappa shape index (κ3) is 4.90. The van der Waals surface area contributed by atoms with Gasteiger partial charge in [0.05, 0.1) is 6.10 Å². The molecular weight excluding hydrogens is 464 g/mol. The molecular formula is C26H25N4O4S+. The van der Waals surface area contributed by atoms with Gasteiger partial charge >= 0.3 is 11.9 Å². The van der Waals surface area contributed by atoms with Crippen LogP contribution in [0.5, 0.6) is 5.75 Å². The molecule has 0 saturated carbocycles.